The van der Waals surface area contributed by atoms with Gasteiger partial charge in [0.15, 0.2) is 16.9 Å². The lowest BCUT2D eigenvalue weighted by Crippen LogP contribution is -2.09. The second-order valence-corrected chi connectivity index (χ2v) is 6.57. The van der Waals surface area contributed by atoms with Gasteiger partial charge >= 0.3 is 0 Å². The van der Waals surface area contributed by atoms with Crippen molar-refractivity contribution in [3.05, 3.63) is 75.4 Å². The Hall–Kier alpha value is -2.76. The van der Waals surface area contributed by atoms with E-state index in [4.69, 9.17) is 25.5 Å². The first-order chi connectivity index (χ1) is 13.1. The zero-order valence-electron chi connectivity index (χ0n) is 15.2. The molecule has 0 bridgehead atoms. The Morgan fingerprint density at radius 1 is 1.00 bits per heavy atom. The average molecular weight is 418 g/mol. The molecule has 0 saturated carbocycles. The number of hydrogen-bond acceptors (Lipinski definition) is 5. The molecular formula is C21H17Cl2NO4. The van der Waals surface area contributed by atoms with E-state index in [1.807, 2.05) is 12.1 Å². The van der Waals surface area contributed by atoms with E-state index in [9.17, 15) is 4.79 Å². The van der Waals surface area contributed by atoms with Crippen molar-refractivity contribution >= 4 is 45.7 Å². The molecule has 0 spiro atoms. The Labute approximate surface area is 172 Å². The van der Waals surface area contributed by atoms with Crippen LogP contribution in [0.1, 0.15) is 11.1 Å². The minimum Gasteiger partial charge on any atom is -0.493 e. The quantitative estimate of drug-likeness (QED) is 0.466. The van der Waals surface area contributed by atoms with Crippen LogP contribution in [0.25, 0.3) is 21.7 Å². The highest BCUT2D eigenvalue weighted by molar-refractivity contribution is 6.31. The molecule has 0 saturated heterocycles. The van der Waals surface area contributed by atoms with Crippen molar-refractivity contribution in [1.82, 2.24) is 4.98 Å². The maximum atomic E-state index is 12.9. The zero-order chi connectivity index (χ0) is 19.0. The summed E-state index contributed by atoms with van der Waals surface area (Å²) in [4.78, 5) is 17.2. The van der Waals surface area contributed by atoms with Gasteiger partial charge < -0.3 is 13.9 Å². The number of halogens is 2. The van der Waals surface area contributed by atoms with Crippen LogP contribution in [0, 0.1) is 0 Å². The van der Waals surface area contributed by atoms with E-state index in [0.717, 1.165) is 16.3 Å². The summed E-state index contributed by atoms with van der Waals surface area (Å²) in [6.45, 7) is 0. The fourth-order valence-corrected chi connectivity index (χ4v) is 3.34. The number of ether oxygens (including phenoxy) is 2. The third kappa shape index (κ3) is 3.51. The second-order valence-electron chi connectivity index (χ2n) is 6.13. The molecule has 2 aromatic heterocycles. The van der Waals surface area contributed by atoms with Crippen LogP contribution in [-0.2, 0) is 6.42 Å². The van der Waals surface area contributed by atoms with Gasteiger partial charge in [0.2, 0.25) is 0 Å². The molecule has 0 N–H and O–H groups in total. The van der Waals surface area contributed by atoms with Crippen LogP contribution < -0.4 is 14.9 Å². The number of rotatable bonds is 4. The maximum absolute atomic E-state index is 12.9. The molecule has 144 valence electrons. The molecule has 0 radical (unpaired) electrons. The Morgan fingerprint density at radius 2 is 1.75 bits per heavy atom. The molecule has 7 heteroatoms. The van der Waals surface area contributed by atoms with Gasteiger partial charge in [-0.3, -0.25) is 9.78 Å². The largest absolute Gasteiger partial charge is 0.493 e. The zero-order valence-corrected chi connectivity index (χ0v) is 16.8. The molecule has 0 atom stereocenters. The number of hydrogen-bond donors (Lipinski definition) is 0. The summed E-state index contributed by atoms with van der Waals surface area (Å²) in [5.41, 5.74) is 1.84. The third-order valence-corrected chi connectivity index (χ3v) is 4.77. The number of methoxy groups -OCH3 is 2. The summed E-state index contributed by atoms with van der Waals surface area (Å²) in [5.74, 6) is 1.25. The number of nitrogens with zero attached hydrogens (tertiary/aromatic N) is 1. The Bertz CT molecular complexity index is 1220. The highest BCUT2D eigenvalue weighted by Crippen LogP contribution is 2.33. The fourth-order valence-electron chi connectivity index (χ4n) is 3.17. The van der Waals surface area contributed by atoms with Crippen molar-refractivity contribution in [1.29, 1.82) is 0 Å². The van der Waals surface area contributed by atoms with E-state index < -0.39 is 0 Å². The van der Waals surface area contributed by atoms with Crippen LogP contribution in [-0.4, -0.2) is 19.2 Å². The average Bonchev–Trinajstić information content (AvgIpc) is 2.69. The van der Waals surface area contributed by atoms with Gasteiger partial charge in [0.1, 0.15) is 5.58 Å². The lowest BCUT2D eigenvalue weighted by molar-refractivity contribution is 0.356. The van der Waals surface area contributed by atoms with Gasteiger partial charge in [0.05, 0.1) is 25.9 Å². The number of aromatic nitrogens is 1. The van der Waals surface area contributed by atoms with Crippen molar-refractivity contribution in [2.45, 2.75) is 6.42 Å². The van der Waals surface area contributed by atoms with Gasteiger partial charge in [0.25, 0.3) is 0 Å². The number of pyridine rings is 1. The van der Waals surface area contributed by atoms with Gasteiger partial charge in [-0.05, 0) is 41.3 Å². The van der Waals surface area contributed by atoms with Crippen LogP contribution >= 0.6 is 24.0 Å². The van der Waals surface area contributed by atoms with Crippen LogP contribution in [0.2, 0.25) is 5.02 Å². The van der Waals surface area contributed by atoms with Gasteiger partial charge in [-0.25, -0.2) is 0 Å². The molecule has 0 aliphatic rings. The molecule has 2 aromatic carbocycles. The normalized spacial score (nSPS) is 10.7. The summed E-state index contributed by atoms with van der Waals surface area (Å²) in [7, 11) is 3.18. The monoisotopic (exact) mass is 417 g/mol. The fraction of sp³-hybridized carbons (Fsp3) is 0.143. The van der Waals surface area contributed by atoms with Gasteiger partial charge in [-0.1, -0.05) is 11.6 Å². The van der Waals surface area contributed by atoms with E-state index in [-0.39, 0.29) is 17.8 Å². The van der Waals surface area contributed by atoms with E-state index in [2.05, 4.69) is 4.98 Å². The van der Waals surface area contributed by atoms with Crippen molar-refractivity contribution in [3.63, 3.8) is 0 Å². The summed E-state index contributed by atoms with van der Waals surface area (Å²) in [6.07, 6.45) is 5.38. The summed E-state index contributed by atoms with van der Waals surface area (Å²) >= 11 is 6.03. The van der Waals surface area contributed by atoms with Gasteiger partial charge in [-0.15, -0.1) is 12.4 Å². The molecule has 4 aromatic rings. The Morgan fingerprint density at radius 3 is 2.50 bits per heavy atom. The molecule has 4 rings (SSSR count). The summed E-state index contributed by atoms with van der Waals surface area (Å²) < 4.78 is 16.4. The van der Waals surface area contributed by atoms with Gasteiger partial charge in [0, 0.05) is 34.8 Å². The topological polar surface area (TPSA) is 61.6 Å². The highest BCUT2D eigenvalue weighted by atomic mass is 35.5. The molecule has 0 aliphatic heterocycles. The standard InChI is InChI=1S/C21H16ClNO4.ClH/c1-25-19-6-13-10-23-9-12(16(13)8-20(19)26-2)5-14-11-27-18-4-3-15(22)7-17(18)21(14)24;/h3-4,6-11H,5H2,1-2H3;1H. The molecule has 28 heavy (non-hydrogen) atoms. The smallest absolute Gasteiger partial charge is 0.196 e. The van der Waals surface area contributed by atoms with E-state index in [1.54, 1.807) is 44.8 Å². The highest BCUT2D eigenvalue weighted by Gasteiger charge is 2.13. The van der Waals surface area contributed by atoms with Crippen LogP contribution in [0.3, 0.4) is 0 Å². The van der Waals surface area contributed by atoms with Crippen molar-refractivity contribution < 1.29 is 13.9 Å². The minimum absolute atomic E-state index is 0. The minimum atomic E-state index is -0.101. The first kappa shape index (κ1) is 20.0. The Kier molecular flexibility index (Phi) is 5.77. The number of fused-ring (bicyclic) bond motifs is 2. The van der Waals surface area contributed by atoms with E-state index in [0.29, 0.717) is 39.5 Å². The van der Waals surface area contributed by atoms with E-state index in [1.165, 1.54) is 6.26 Å². The molecule has 5 nitrogen and oxygen atoms in total. The third-order valence-electron chi connectivity index (χ3n) is 4.53. The van der Waals surface area contributed by atoms with Crippen molar-refractivity contribution in [3.8, 4) is 11.5 Å². The van der Waals surface area contributed by atoms with Gasteiger partial charge in [-0.2, -0.15) is 0 Å². The molecule has 0 aliphatic carbocycles. The molecule has 0 unspecified atom stereocenters. The Balaban J connectivity index is 0.00000225. The van der Waals surface area contributed by atoms with Crippen molar-refractivity contribution in [2.24, 2.45) is 0 Å². The molecule has 0 amide bonds. The lowest BCUT2D eigenvalue weighted by atomic mass is 10.0. The first-order valence-corrected chi connectivity index (χ1v) is 8.67. The predicted octanol–water partition coefficient (Wildman–Crippen LogP) is 5.02. The summed E-state index contributed by atoms with van der Waals surface area (Å²) in [6, 6.07) is 8.78. The predicted molar refractivity (Wildman–Crippen MR) is 112 cm³/mol. The molecule has 0 fully saturated rings. The van der Waals surface area contributed by atoms with Crippen molar-refractivity contribution in [2.75, 3.05) is 14.2 Å². The van der Waals surface area contributed by atoms with Crippen LogP contribution in [0.15, 0.2) is 58.2 Å². The second kappa shape index (κ2) is 8.09. The molecular weight excluding hydrogens is 401 g/mol. The van der Waals surface area contributed by atoms with E-state index >= 15 is 0 Å². The summed E-state index contributed by atoms with van der Waals surface area (Å²) in [5, 5.41) is 2.80. The maximum Gasteiger partial charge on any atom is 0.196 e. The van der Waals surface area contributed by atoms with Crippen LogP contribution in [0.5, 0.6) is 11.5 Å². The first-order valence-electron chi connectivity index (χ1n) is 8.29. The SMILES string of the molecule is COc1cc2cncc(Cc3coc4ccc(Cl)cc4c3=O)c2cc1OC.Cl. The number of benzene rings is 2. The van der Waals surface area contributed by atoms with Crippen LogP contribution in [0.4, 0.5) is 0 Å². The lowest BCUT2D eigenvalue weighted by Gasteiger charge is -2.11. The molecule has 2 heterocycles.